The standard InChI is InChI=1S/C17H16Cl2N4/c1-11(12-2-6-14(18)7-3-12)10-16(22-23-17(20)21)13-4-8-15(19)9-5-13/h2-10H,1H3,(H4,20,21,23)/b11-10+,22-16+. The van der Waals surface area contributed by atoms with Crippen LogP contribution in [0.3, 0.4) is 0 Å². The Morgan fingerprint density at radius 3 is 1.78 bits per heavy atom. The van der Waals surface area contributed by atoms with Crippen molar-refractivity contribution in [1.29, 1.82) is 0 Å². The molecule has 2 aromatic carbocycles. The Hall–Kier alpha value is -2.30. The molecule has 0 atom stereocenters. The van der Waals surface area contributed by atoms with Crippen molar-refractivity contribution in [1.82, 2.24) is 0 Å². The normalized spacial score (nSPS) is 12.1. The number of nitrogens with two attached hydrogens (primary N) is 2. The molecule has 0 aliphatic rings. The van der Waals surface area contributed by atoms with E-state index in [-0.39, 0.29) is 5.96 Å². The van der Waals surface area contributed by atoms with Gasteiger partial charge in [-0.2, -0.15) is 0 Å². The fourth-order valence-electron chi connectivity index (χ4n) is 1.90. The van der Waals surface area contributed by atoms with Crippen molar-refractivity contribution in [3.8, 4) is 0 Å². The van der Waals surface area contributed by atoms with Crippen molar-refractivity contribution >= 4 is 40.4 Å². The fraction of sp³-hybridized carbons (Fsp3) is 0.0588. The first-order chi connectivity index (χ1) is 11.0. The maximum absolute atomic E-state index is 5.92. The molecular weight excluding hydrogens is 331 g/mol. The molecule has 0 radical (unpaired) electrons. The second-order valence-electron chi connectivity index (χ2n) is 4.85. The summed E-state index contributed by atoms with van der Waals surface area (Å²) in [5.74, 6) is -0.103. The summed E-state index contributed by atoms with van der Waals surface area (Å²) in [7, 11) is 0. The van der Waals surface area contributed by atoms with Crippen LogP contribution in [0.5, 0.6) is 0 Å². The van der Waals surface area contributed by atoms with Crippen LogP contribution in [0.4, 0.5) is 0 Å². The van der Waals surface area contributed by atoms with E-state index in [2.05, 4.69) is 10.2 Å². The van der Waals surface area contributed by atoms with Crippen LogP contribution in [-0.2, 0) is 0 Å². The van der Waals surface area contributed by atoms with Gasteiger partial charge in [0, 0.05) is 15.6 Å². The van der Waals surface area contributed by atoms with Crippen LogP contribution in [-0.4, -0.2) is 11.7 Å². The molecular formula is C17H16Cl2N4. The number of nitrogens with zero attached hydrogens (tertiary/aromatic N) is 2. The van der Waals surface area contributed by atoms with Crippen LogP contribution in [0.25, 0.3) is 5.57 Å². The van der Waals surface area contributed by atoms with Gasteiger partial charge in [-0.25, -0.2) is 0 Å². The molecule has 4 N–H and O–H groups in total. The lowest BCUT2D eigenvalue weighted by Crippen LogP contribution is -2.22. The second kappa shape index (κ2) is 7.81. The Balaban J connectivity index is 2.43. The van der Waals surface area contributed by atoms with E-state index in [9.17, 15) is 0 Å². The molecule has 0 fully saturated rings. The number of hydrogen-bond donors (Lipinski definition) is 2. The Morgan fingerprint density at radius 1 is 0.826 bits per heavy atom. The van der Waals surface area contributed by atoms with E-state index < -0.39 is 0 Å². The molecule has 0 amide bonds. The molecule has 23 heavy (non-hydrogen) atoms. The third kappa shape index (κ3) is 5.13. The van der Waals surface area contributed by atoms with Crippen molar-refractivity contribution in [2.75, 3.05) is 0 Å². The molecule has 0 aromatic heterocycles. The summed E-state index contributed by atoms with van der Waals surface area (Å²) in [5, 5.41) is 9.20. The first-order valence-corrected chi connectivity index (χ1v) is 7.58. The summed E-state index contributed by atoms with van der Waals surface area (Å²) in [6.45, 7) is 1.98. The highest BCUT2D eigenvalue weighted by Gasteiger charge is 2.04. The summed E-state index contributed by atoms with van der Waals surface area (Å²) < 4.78 is 0. The Morgan fingerprint density at radius 2 is 1.30 bits per heavy atom. The lowest BCUT2D eigenvalue weighted by molar-refractivity contribution is 1.20. The minimum absolute atomic E-state index is 0.103. The van der Waals surface area contributed by atoms with Gasteiger partial charge in [-0.05, 0) is 48.4 Å². The highest BCUT2D eigenvalue weighted by molar-refractivity contribution is 6.31. The van der Waals surface area contributed by atoms with Crippen LogP contribution in [0, 0.1) is 0 Å². The van der Waals surface area contributed by atoms with E-state index in [0.717, 1.165) is 16.7 Å². The Kier molecular flexibility index (Phi) is 5.79. The summed E-state index contributed by atoms with van der Waals surface area (Å²) in [6, 6.07) is 14.8. The van der Waals surface area contributed by atoms with Gasteiger partial charge in [0.2, 0.25) is 5.96 Å². The third-order valence-corrected chi connectivity index (χ3v) is 3.57. The molecule has 0 unspecified atom stereocenters. The van der Waals surface area contributed by atoms with Crippen molar-refractivity contribution in [3.05, 3.63) is 75.8 Å². The first-order valence-electron chi connectivity index (χ1n) is 6.82. The van der Waals surface area contributed by atoms with E-state index in [0.29, 0.717) is 15.8 Å². The molecule has 0 saturated heterocycles. The Bertz CT molecular complexity index is 756. The van der Waals surface area contributed by atoms with Crippen molar-refractivity contribution in [2.45, 2.75) is 6.92 Å². The highest BCUT2D eigenvalue weighted by Crippen LogP contribution is 2.19. The molecule has 0 heterocycles. The van der Waals surface area contributed by atoms with Gasteiger partial charge in [-0.15, -0.1) is 10.2 Å². The van der Waals surface area contributed by atoms with Gasteiger partial charge < -0.3 is 11.5 Å². The summed E-state index contributed by atoms with van der Waals surface area (Å²) in [4.78, 5) is 0. The van der Waals surface area contributed by atoms with Gasteiger partial charge in [-0.3, -0.25) is 0 Å². The largest absolute Gasteiger partial charge is 0.369 e. The molecule has 6 heteroatoms. The molecule has 4 nitrogen and oxygen atoms in total. The zero-order valence-corrected chi connectivity index (χ0v) is 14.0. The average Bonchev–Trinajstić information content (AvgIpc) is 2.52. The lowest BCUT2D eigenvalue weighted by Gasteiger charge is -2.05. The van der Waals surface area contributed by atoms with Crippen LogP contribution in [0.2, 0.25) is 10.0 Å². The smallest absolute Gasteiger partial charge is 0.211 e. The molecule has 0 saturated carbocycles. The number of guanidine groups is 1. The highest BCUT2D eigenvalue weighted by atomic mass is 35.5. The van der Waals surface area contributed by atoms with E-state index >= 15 is 0 Å². The lowest BCUT2D eigenvalue weighted by atomic mass is 10.0. The third-order valence-electron chi connectivity index (χ3n) is 3.07. The predicted octanol–water partition coefficient (Wildman–Crippen LogP) is 4.07. The molecule has 2 aromatic rings. The van der Waals surface area contributed by atoms with Crippen molar-refractivity contribution < 1.29 is 0 Å². The monoisotopic (exact) mass is 346 g/mol. The van der Waals surface area contributed by atoms with Gasteiger partial charge in [0.1, 0.15) is 0 Å². The molecule has 0 aliphatic heterocycles. The Labute approximate surface area is 145 Å². The maximum atomic E-state index is 5.92. The molecule has 2 rings (SSSR count). The van der Waals surface area contributed by atoms with Crippen molar-refractivity contribution in [2.24, 2.45) is 21.7 Å². The fourth-order valence-corrected chi connectivity index (χ4v) is 2.16. The van der Waals surface area contributed by atoms with Gasteiger partial charge in [-0.1, -0.05) is 47.5 Å². The topological polar surface area (TPSA) is 76.8 Å². The van der Waals surface area contributed by atoms with E-state index in [1.54, 1.807) is 12.1 Å². The van der Waals surface area contributed by atoms with Gasteiger partial charge in [0.05, 0.1) is 5.71 Å². The van der Waals surface area contributed by atoms with Gasteiger partial charge in [0.25, 0.3) is 0 Å². The van der Waals surface area contributed by atoms with Crippen LogP contribution >= 0.6 is 23.2 Å². The molecule has 118 valence electrons. The number of allylic oxidation sites excluding steroid dienone is 2. The SMILES string of the molecule is C/C(=C\C(=N/N=C(N)N)c1ccc(Cl)cc1)c1ccc(Cl)cc1. The minimum Gasteiger partial charge on any atom is -0.369 e. The number of benzene rings is 2. The number of hydrogen-bond acceptors (Lipinski definition) is 2. The molecule has 0 aliphatic carbocycles. The first kappa shape index (κ1) is 17.1. The molecule has 0 spiro atoms. The summed E-state index contributed by atoms with van der Waals surface area (Å²) in [5.41, 5.74) is 14.2. The van der Waals surface area contributed by atoms with Crippen LogP contribution < -0.4 is 11.5 Å². The minimum atomic E-state index is -0.103. The van der Waals surface area contributed by atoms with E-state index in [4.69, 9.17) is 34.7 Å². The average molecular weight is 347 g/mol. The van der Waals surface area contributed by atoms with Gasteiger partial charge >= 0.3 is 0 Å². The van der Waals surface area contributed by atoms with Crippen LogP contribution in [0.1, 0.15) is 18.1 Å². The summed E-state index contributed by atoms with van der Waals surface area (Å²) >= 11 is 11.8. The number of halogens is 2. The predicted molar refractivity (Wildman–Crippen MR) is 98.9 cm³/mol. The quantitative estimate of drug-likeness (QED) is 0.497. The zero-order chi connectivity index (χ0) is 16.8. The van der Waals surface area contributed by atoms with E-state index in [1.807, 2.05) is 49.4 Å². The van der Waals surface area contributed by atoms with Crippen molar-refractivity contribution in [3.63, 3.8) is 0 Å². The molecule has 0 bridgehead atoms. The van der Waals surface area contributed by atoms with Crippen LogP contribution in [0.15, 0.2) is 64.8 Å². The zero-order valence-electron chi connectivity index (χ0n) is 12.5. The van der Waals surface area contributed by atoms with E-state index in [1.165, 1.54) is 0 Å². The second-order valence-corrected chi connectivity index (χ2v) is 5.72. The number of rotatable bonds is 4. The summed E-state index contributed by atoms with van der Waals surface area (Å²) in [6.07, 6.45) is 1.90. The van der Waals surface area contributed by atoms with Gasteiger partial charge in [0.15, 0.2) is 0 Å². The maximum Gasteiger partial charge on any atom is 0.211 e.